The Bertz CT molecular complexity index is 290. The van der Waals surface area contributed by atoms with Crippen LogP contribution in [-0.2, 0) is 4.74 Å². The van der Waals surface area contributed by atoms with Crippen LogP contribution >= 0.6 is 11.6 Å². The molecule has 0 aromatic carbocycles. The average Bonchev–Trinajstić information content (AvgIpc) is 2.19. The first-order valence-electron chi connectivity index (χ1n) is 4.04. The lowest BCUT2D eigenvalue weighted by Crippen LogP contribution is -2.37. The number of ether oxygens (including phenoxy) is 1. The predicted octanol–water partition coefficient (Wildman–Crippen LogP) is 0.362. The number of nitrogens with zero attached hydrogens (tertiary/aromatic N) is 4. The SMILES string of the molecule is Clc1cnnc(N2CCOCC2)n1. The van der Waals surface area contributed by atoms with Crippen molar-refractivity contribution >= 4 is 17.5 Å². The van der Waals surface area contributed by atoms with Gasteiger partial charge in [-0.1, -0.05) is 11.6 Å². The van der Waals surface area contributed by atoms with Gasteiger partial charge in [-0.25, -0.2) is 0 Å². The Kier molecular flexibility index (Phi) is 2.56. The summed E-state index contributed by atoms with van der Waals surface area (Å²) in [6.45, 7) is 3.00. The highest BCUT2D eigenvalue weighted by Crippen LogP contribution is 2.10. The van der Waals surface area contributed by atoms with E-state index < -0.39 is 0 Å². The fourth-order valence-corrected chi connectivity index (χ4v) is 1.29. The number of halogens is 1. The topological polar surface area (TPSA) is 51.1 Å². The summed E-state index contributed by atoms with van der Waals surface area (Å²) in [7, 11) is 0. The zero-order valence-electron chi connectivity index (χ0n) is 6.98. The monoisotopic (exact) mass is 200 g/mol. The van der Waals surface area contributed by atoms with E-state index >= 15 is 0 Å². The molecule has 1 fully saturated rings. The first-order chi connectivity index (χ1) is 6.36. The third-order valence-corrected chi connectivity index (χ3v) is 1.99. The summed E-state index contributed by atoms with van der Waals surface area (Å²) >= 11 is 5.69. The fourth-order valence-electron chi connectivity index (χ4n) is 1.17. The van der Waals surface area contributed by atoms with Crippen LogP contribution in [0.2, 0.25) is 5.15 Å². The molecule has 0 radical (unpaired) electrons. The van der Waals surface area contributed by atoms with E-state index in [1.165, 1.54) is 6.20 Å². The van der Waals surface area contributed by atoms with Crippen molar-refractivity contribution in [2.45, 2.75) is 0 Å². The summed E-state index contributed by atoms with van der Waals surface area (Å²) in [5, 5.41) is 7.99. The van der Waals surface area contributed by atoms with Gasteiger partial charge in [-0.2, -0.15) is 10.1 Å². The summed E-state index contributed by atoms with van der Waals surface area (Å²) in [6, 6.07) is 0. The highest BCUT2D eigenvalue weighted by Gasteiger charge is 2.13. The molecule has 0 aliphatic carbocycles. The minimum absolute atomic E-state index is 0.372. The number of rotatable bonds is 1. The van der Waals surface area contributed by atoms with Crippen LogP contribution < -0.4 is 4.90 Å². The maximum atomic E-state index is 5.69. The molecule has 0 amide bonds. The molecule has 2 heterocycles. The van der Waals surface area contributed by atoms with E-state index in [2.05, 4.69) is 15.2 Å². The number of hydrogen-bond donors (Lipinski definition) is 0. The molecule has 1 saturated heterocycles. The molecule has 1 aliphatic heterocycles. The number of aromatic nitrogens is 3. The average molecular weight is 201 g/mol. The van der Waals surface area contributed by atoms with E-state index in [9.17, 15) is 0 Å². The Morgan fingerprint density at radius 2 is 2.15 bits per heavy atom. The van der Waals surface area contributed by atoms with Crippen LogP contribution in [-0.4, -0.2) is 41.5 Å². The Hall–Kier alpha value is -0.940. The summed E-state index contributed by atoms with van der Waals surface area (Å²) in [5.41, 5.74) is 0. The van der Waals surface area contributed by atoms with Crippen LogP contribution in [0.3, 0.4) is 0 Å². The minimum atomic E-state index is 0.372. The van der Waals surface area contributed by atoms with Gasteiger partial charge >= 0.3 is 0 Å². The van der Waals surface area contributed by atoms with Gasteiger partial charge in [0.1, 0.15) is 0 Å². The van der Waals surface area contributed by atoms with Gasteiger partial charge in [0.25, 0.3) is 0 Å². The van der Waals surface area contributed by atoms with Crippen LogP contribution in [0.4, 0.5) is 5.95 Å². The van der Waals surface area contributed by atoms with Crippen molar-refractivity contribution in [1.29, 1.82) is 0 Å². The smallest absolute Gasteiger partial charge is 0.246 e. The molecular formula is C7H9ClN4O. The molecule has 0 bridgehead atoms. The second-order valence-corrected chi connectivity index (χ2v) is 3.07. The van der Waals surface area contributed by atoms with E-state index in [0.717, 1.165) is 13.1 Å². The van der Waals surface area contributed by atoms with Gasteiger partial charge < -0.3 is 9.64 Å². The predicted molar refractivity (Wildman–Crippen MR) is 47.9 cm³/mol. The lowest BCUT2D eigenvalue weighted by Gasteiger charge is -2.25. The molecule has 2 rings (SSSR count). The van der Waals surface area contributed by atoms with E-state index in [1.54, 1.807) is 0 Å². The van der Waals surface area contributed by atoms with Gasteiger partial charge in [0.05, 0.1) is 19.4 Å². The molecule has 0 atom stereocenters. The third kappa shape index (κ3) is 2.05. The van der Waals surface area contributed by atoms with Crippen LogP contribution in [0.25, 0.3) is 0 Å². The Balaban J connectivity index is 2.14. The second kappa shape index (κ2) is 3.85. The Morgan fingerprint density at radius 3 is 2.85 bits per heavy atom. The molecule has 5 nitrogen and oxygen atoms in total. The molecule has 6 heteroatoms. The summed E-state index contributed by atoms with van der Waals surface area (Å²) in [4.78, 5) is 6.06. The molecule has 0 unspecified atom stereocenters. The van der Waals surface area contributed by atoms with Gasteiger partial charge in [-0.15, -0.1) is 5.10 Å². The lowest BCUT2D eigenvalue weighted by atomic mass is 10.4. The summed E-state index contributed by atoms with van der Waals surface area (Å²) in [5.74, 6) is 0.579. The molecule has 1 aromatic heterocycles. The fraction of sp³-hybridized carbons (Fsp3) is 0.571. The molecule has 0 saturated carbocycles. The lowest BCUT2D eigenvalue weighted by molar-refractivity contribution is 0.122. The summed E-state index contributed by atoms with van der Waals surface area (Å²) < 4.78 is 5.20. The van der Waals surface area contributed by atoms with Gasteiger partial charge in [0, 0.05) is 13.1 Å². The molecule has 1 aliphatic rings. The number of anilines is 1. The highest BCUT2D eigenvalue weighted by molar-refractivity contribution is 6.29. The molecule has 1 aromatic rings. The van der Waals surface area contributed by atoms with Gasteiger partial charge in [-0.3, -0.25) is 0 Å². The van der Waals surface area contributed by atoms with E-state index in [0.29, 0.717) is 24.3 Å². The largest absolute Gasteiger partial charge is 0.378 e. The molecular weight excluding hydrogens is 192 g/mol. The van der Waals surface area contributed by atoms with Crippen molar-refractivity contribution in [2.24, 2.45) is 0 Å². The van der Waals surface area contributed by atoms with Crippen molar-refractivity contribution < 1.29 is 4.74 Å². The zero-order chi connectivity index (χ0) is 9.10. The van der Waals surface area contributed by atoms with E-state index in [-0.39, 0.29) is 0 Å². The van der Waals surface area contributed by atoms with Crippen LogP contribution in [0.5, 0.6) is 0 Å². The normalized spacial score (nSPS) is 17.5. The maximum absolute atomic E-state index is 5.69. The molecule has 70 valence electrons. The summed E-state index contributed by atoms with van der Waals surface area (Å²) in [6.07, 6.45) is 1.42. The minimum Gasteiger partial charge on any atom is -0.378 e. The Morgan fingerprint density at radius 1 is 1.38 bits per heavy atom. The first kappa shape index (κ1) is 8.65. The van der Waals surface area contributed by atoms with Crippen molar-refractivity contribution in [3.05, 3.63) is 11.3 Å². The first-order valence-corrected chi connectivity index (χ1v) is 4.42. The van der Waals surface area contributed by atoms with Gasteiger partial charge in [0.15, 0.2) is 5.15 Å². The third-order valence-electron chi connectivity index (χ3n) is 1.81. The number of morpholine rings is 1. The maximum Gasteiger partial charge on any atom is 0.246 e. The zero-order valence-corrected chi connectivity index (χ0v) is 7.74. The highest BCUT2D eigenvalue weighted by atomic mass is 35.5. The quantitative estimate of drug-likeness (QED) is 0.655. The van der Waals surface area contributed by atoms with E-state index in [4.69, 9.17) is 16.3 Å². The molecule has 0 spiro atoms. The number of hydrogen-bond acceptors (Lipinski definition) is 5. The Labute approximate surface area is 80.7 Å². The van der Waals surface area contributed by atoms with Gasteiger partial charge in [0.2, 0.25) is 5.95 Å². The van der Waals surface area contributed by atoms with E-state index in [1.807, 2.05) is 4.90 Å². The van der Waals surface area contributed by atoms with Gasteiger partial charge in [-0.05, 0) is 0 Å². The van der Waals surface area contributed by atoms with Crippen molar-refractivity contribution in [3.8, 4) is 0 Å². The molecule has 13 heavy (non-hydrogen) atoms. The van der Waals surface area contributed by atoms with Crippen molar-refractivity contribution in [3.63, 3.8) is 0 Å². The standard InChI is InChI=1S/C7H9ClN4O/c8-6-5-9-11-7(10-6)12-1-3-13-4-2-12/h5H,1-4H2. The van der Waals surface area contributed by atoms with Crippen LogP contribution in [0.1, 0.15) is 0 Å². The van der Waals surface area contributed by atoms with Crippen molar-refractivity contribution in [2.75, 3.05) is 31.2 Å². The van der Waals surface area contributed by atoms with Crippen molar-refractivity contribution in [1.82, 2.24) is 15.2 Å². The molecule has 0 N–H and O–H groups in total. The second-order valence-electron chi connectivity index (χ2n) is 2.68. The van der Waals surface area contributed by atoms with Crippen LogP contribution in [0.15, 0.2) is 6.20 Å². The van der Waals surface area contributed by atoms with Crippen LogP contribution in [0, 0.1) is 0 Å².